The van der Waals surface area contributed by atoms with Crippen LogP contribution in [0.5, 0.6) is 0 Å². The second-order valence-electron chi connectivity index (χ2n) is 7.73. The van der Waals surface area contributed by atoms with Gasteiger partial charge in [-0.05, 0) is 42.8 Å². The lowest BCUT2D eigenvalue weighted by molar-refractivity contribution is -0.130. The molecule has 1 aliphatic rings. The number of aliphatic hydroxyl groups excluding tert-OH is 1. The molecule has 0 aliphatic carbocycles. The topological polar surface area (TPSA) is 114 Å². The van der Waals surface area contributed by atoms with Crippen molar-refractivity contribution in [1.29, 1.82) is 0 Å². The van der Waals surface area contributed by atoms with E-state index < -0.39 is 0 Å². The molecule has 0 fully saturated rings. The fourth-order valence-electron chi connectivity index (χ4n) is 3.91. The summed E-state index contributed by atoms with van der Waals surface area (Å²) in [5.41, 5.74) is 1.03. The minimum absolute atomic E-state index is 0.0239. The molecule has 174 valence electrons. The van der Waals surface area contributed by atoms with E-state index in [2.05, 4.69) is 10.1 Å². The molecular formula is C24H22N4O5S. The normalized spacial score (nSPS) is 15.7. The maximum absolute atomic E-state index is 13.3. The summed E-state index contributed by atoms with van der Waals surface area (Å²) in [5, 5.41) is 16.1. The van der Waals surface area contributed by atoms with E-state index in [0.29, 0.717) is 52.7 Å². The van der Waals surface area contributed by atoms with Gasteiger partial charge in [0.15, 0.2) is 5.16 Å². The van der Waals surface area contributed by atoms with Crippen LogP contribution in [-0.4, -0.2) is 43.6 Å². The zero-order chi connectivity index (χ0) is 23.5. The number of amides is 1. The van der Waals surface area contributed by atoms with Crippen LogP contribution in [0.4, 0.5) is 0 Å². The highest BCUT2D eigenvalue weighted by Gasteiger charge is 2.35. The predicted octanol–water partition coefficient (Wildman–Crippen LogP) is 3.43. The first-order valence-corrected chi connectivity index (χ1v) is 11.8. The molecule has 1 aromatic carbocycles. The van der Waals surface area contributed by atoms with Crippen LogP contribution >= 0.6 is 11.8 Å². The summed E-state index contributed by atoms with van der Waals surface area (Å²) in [6.07, 6.45) is 4.01. The third-order valence-corrected chi connectivity index (χ3v) is 6.50. The number of carbonyl (C=O) groups excluding carboxylic acids is 1. The quantitative estimate of drug-likeness (QED) is 0.305. The second kappa shape index (κ2) is 9.70. The van der Waals surface area contributed by atoms with Crippen LogP contribution in [0.2, 0.25) is 0 Å². The molecule has 0 spiro atoms. The number of furan rings is 2. The van der Waals surface area contributed by atoms with Crippen LogP contribution in [0.25, 0.3) is 10.9 Å². The van der Waals surface area contributed by atoms with Gasteiger partial charge in [-0.2, -0.15) is 5.10 Å². The SMILES string of the molecule is O=C(CSc1nc2ccccc2c(=O)n1CCCO)N1N=C(c2ccco2)C[C@H]1c1ccco1. The van der Waals surface area contributed by atoms with E-state index in [4.69, 9.17) is 8.83 Å². The Bertz CT molecular complexity index is 1380. The number of hydrogen-bond donors (Lipinski definition) is 1. The predicted molar refractivity (Wildman–Crippen MR) is 127 cm³/mol. The van der Waals surface area contributed by atoms with Crippen LogP contribution < -0.4 is 5.56 Å². The molecule has 34 heavy (non-hydrogen) atoms. The molecule has 10 heteroatoms. The van der Waals surface area contributed by atoms with E-state index in [-0.39, 0.29) is 29.9 Å². The number of rotatable bonds is 8. The molecule has 1 atom stereocenters. The number of hydrogen-bond acceptors (Lipinski definition) is 8. The van der Waals surface area contributed by atoms with E-state index in [1.54, 1.807) is 48.9 Å². The Balaban J connectivity index is 1.42. The molecule has 0 radical (unpaired) electrons. The van der Waals surface area contributed by atoms with Gasteiger partial charge < -0.3 is 13.9 Å². The Labute approximate surface area is 198 Å². The van der Waals surface area contributed by atoms with Crippen molar-refractivity contribution in [3.8, 4) is 0 Å². The van der Waals surface area contributed by atoms with Crippen molar-refractivity contribution in [3.05, 3.63) is 82.9 Å². The van der Waals surface area contributed by atoms with Crippen molar-refractivity contribution < 1.29 is 18.7 Å². The Morgan fingerprint density at radius 2 is 1.94 bits per heavy atom. The van der Waals surface area contributed by atoms with Gasteiger partial charge in [-0.1, -0.05) is 23.9 Å². The fourth-order valence-corrected chi connectivity index (χ4v) is 4.79. The summed E-state index contributed by atoms with van der Waals surface area (Å²) in [4.78, 5) is 30.9. The molecule has 4 heterocycles. The van der Waals surface area contributed by atoms with Gasteiger partial charge in [-0.3, -0.25) is 14.2 Å². The first-order chi connectivity index (χ1) is 16.7. The van der Waals surface area contributed by atoms with Crippen molar-refractivity contribution in [2.24, 2.45) is 5.10 Å². The molecule has 4 aromatic rings. The van der Waals surface area contributed by atoms with Crippen molar-refractivity contribution in [2.45, 2.75) is 30.6 Å². The van der Waals surface area contributed by atoms with Crippen LogP contribution in [0, 0.1) is 0 Å². The molecule has 0 saturated heterocycles. The number of para-hydroxylation sites is 1. The number of thioether (sulfide) groups is 1. The third kappa shape index (κ3) is 4.29. The van der Waals surface area contributed by atoms with Crippen molar-refractivity contribution >= 4 is 34.3 Å². The smallest absolute Gasteiger partial charge is 0.262 e. The number of aliphatic hydroxyl groups is 1. The van der Waals surface area contributed by atoms with Gasteiger partial charge in [-0.25, -0.2) is 9.99 Å². The number of hydrazone groups is 1. The Morgan fingerprint density at radius 1 is 1.12 bits per heavy atom. The molecule has 0 saturated carbocycles. The van der Waals surface area contributed by atoms with Gasteiger partial charge in [0.25, 0.3) is 11.5 Å². The lowest BCUT2D eigenvalue weighted by Crippen LogP contribution is -2.29. The maximum atomic E-state index is 13.3. The lowest BCUT2D eigenvalue weighted by atomic mass is 10.1. The summed E-state index contributed by atoms with van der Waals surface area (Å²) in [5.74, 6) is 1.01. The van der Waals surface area contributed by atoms with Gasteiger partial charge in [0.1, 0.15) is 23.3 Å². The maximum Gasteiger partial charge on any atom is 0.262 e. The van der Waals surface area contributed by atoms with Crippen LogP contribution in [-0.2, 0) is 11.3 Å². The fraction of sp³-hybridized carbons (Fsp3) is 0.250. The lowest BCUT2D eigenvalue weighted by Gasteiger charge is -2.20. The summed E-state index contributed by atoms with van der Waals surface area (Å²) < 4.78 is 12.6. The van der Waals surface area contributed by atoms with E-state index >= 15 is 0 Å². The van der Waals surface area contributed by atoms with Crippen LogP contribution in [0.15, 0.2) is 84.9 Å². The van der Waals surface area contributed by atoms with Crippen molar-refractivity contribution in [3.63, 3.8) is 0 Å². The van der Waals surface area contributed by atoms with Crippen LogP contribution in [0.1, 0.15) is 30.4 Å². The molecular weight excluding hydrogens is 456 g/mol. The van der Waals surface area contributed by atoms with Crippen molar-refractivity contribution in [1.82, 2.24) is 14.6 Å². The molecule has 9 nitrogen and oxygen atoms in total. The minimum Gasteiger partial charge on any atom is -0.467 e. The molecule has 0 unspecified atom stereocenters. The largest absolute Gasteiger partial charge is 0.467 e. The van der Waals surface area contributed by atoms with Gasteiger partial charge in [-0.15, -0.1) is 0 Å². The molecule has 5 rings (SSSR count). The standard InChI is InChI=1S/C24H22N4O5S/c29-11-5-10-27-23(31)16-6-1-2-7-17(16)25-24(27)34-15-22(30)28-19(21-9-4-13-33-21)14-18(26-28)20-8-3-12-32-20/h1-4,6-9,12-13,19,29H,5,10-11,14-15H2/t19-/m0/s1. The van der Waals surface area contributed by atoms with E-state index in [1.807, 2.05) is 12.1 Å². The molecule has 3 aromatic heterocycles. The monoisotopic (exact) mass is 478 g/mol. The first kappa shape index (κ1) is 22.2. The Kier molecular flexibility index (Phi) is 6.33. The van der Waals surface area contributed by atoms with Gasteiger partial charge in [0.2, 0.25) is 0 Å². The minimum atomic E-state index is -0.385. The summed E-state index contributed by atoms with van der Waals surface area (Å²) in [6.45, 7) is 0.258. The number of fused-ring (bicyclic) bond motifs is 1. The van der Waals surface area contributed by atoms with Gasteiger partial charge >= 0.3 is 0 Å². The zero-order valence-electron chi connectivity index (χ0n) is 18.2. The number of carbonyl (C=O) groups is 1. The average Bonchev–Trinajstić information content (AvgIpc) is 3.63. The number of aromatic nitrogens is 2. The zero-order valence-corrected chi connectivity index (χ0v) is 19.0. The van der Waals surface area contributed by atoms with Crippen LogP contribution in [0.3, 0.4) is 0 Å². The molecule has 1 N–H and O–H groups in total. The van der Waals surface area contributed by atoms with E-state index in [0.717, 1.165) is 0 Å². The van der Waals surface area contributed by atoms with E-state index in [9.17, 15) is 14.7 Å². The summed E-state index contributed by atoms with van der Waals surface area (Å²) >= 11 is 1.18. The third-order valence-electron chi connectivity index (χ3n) is 5.53. The molecule has 1 aliphatic heterocycles. The average molecular weight is 479 g/mol. The summed E-state index contributed by atoms with van der Waals surface area (Å²) in [7, 11) is 0. The first-order valence-electron chi connectivity index (χ1n) is 10.9. The number of benzene rings is 1. The second-order valence-corrected chi connectivity index (χ2v) is 8.67. The van der Waals surface area contributed by atoms with Crippen molar-refractivity contribution in [2.75, 3.05) is 12.4 Å². The molecule has 1 amide bonds. The highest BCUT2D eigenvalue weighted by atomic mass is 32.2. The summed E-state index contributed by atoms with van der Waals surface area (Å²) in [6, 6.07) is 13.9. The molecule has 0 bridgehead atoms. The Hall–Kier alpha value is -3.63. The number of nitrogens with zero attached hydrogens (tertiary/aromatic N) is 4. The highest BCUT2D eigenvalue weighted by Crippen LogP contribution is 2.34. The van der Waals surface area contributed by atoms with Gasteiger partial charge in [0, 0.05) is 19.6 Å². The van der Waals surface area contributed by atoms with E-state index in [1.165, 1.54) is 21.3 Å². The highest BCUT2D eigenvalue weighted by molar-refractivity contribution is 7.99. The Morgan fingerprint density at radius 3 is 2.71 bits per heavy atom. The van der Waals surface area contributed by atoms with Gasteiger partial charge in [0.05, 0.1) is 29.2 Å².